The molecular formula is C18H31NO3. The lowest BCUT2D eigenvalue weighted by atomic mass is 9.73. The van der Waals surface area contributed by atoms with Gasteiger partial charge in [-0.3, -0.25) is 9.59 Å². The van der Waals surface area contributed by atoms with Gasteiger partial charge < -0.3 is 10.1 Å². The summed E-state index contributed by atoms with van der Waals surface area (Å²) in [5, 5.41) is 3.07. The molecule has 2 rings (SSSR count). The highest BCUT2D eigenvalue weighted by Crippen LogP contribution is 2.34. The maximum Gasteiger partial charge on any atom is 0.223 e. The third kappa shape index (κ3) is 5.08. The lowest BCUT2D eigenvalue weighted by molar-refractivity contribution is -0.146. The van der Waals surface area contributed by atoms with Crippen LogP contribution in [0.4, 0.5) is 0 Å². The van der Waals surface area contributed by atoms with E-state index in [0.29, 0.717) is 31.8 Å². The third-order valence-electron chi connectivity index (χ3n) is 4.96. The van der Waals surface area contributed by atoms with Crippen LogP contribution in [-0.4, -0.2) is 31.4 Å². The van der Waals surface area contributed by atoms with Crippen molar-refractivity contribution in [2.24, 2.45) is 23.7 Å². The molecule has 4 heteroatoms. The molecule has 22 heavy (non-hydrogen) atoms. The van der Waals surface area contributed by atoms with Crippen LogP contribution in [0, 0.1) is 23.7 Å². The summed E-state index contributed by atoms with van der Waals surface area (Å²) in [7, 11) is 0. The van der Waals surface area contributed by atoms with Crippen LogP contribution in [0.3, 0.4) is 0 Å². The van der Waals surface area contributed by atoms with E-state index in [2.05, 4.69) is 19.2 Å². The van der Waals surface area contributed by atoms with E-state index in [1.54, 1.807) is 0 Å². The molecule has 0 spiro atoms. The third-order valence-corrected chi connectivity index (χ3v) is 4.96. The molecule has 1 N–H and O–H groups in total. The standard InChI is InChI=1S/C18H31NO3/c1-13(2)7-5-3-4-6-8-19-18(21)14-9-15-11-22-12-16(10-14)17(15)20/h13-16H,3-12H2,1-2H3,(H,19,21)/t14?,15-,16+. The molecule has 126 valence electrons. The van der Waals surface area contributed by atoms with Crippen LogP contribution >= 0.6 is 0 Å². The lowest BCUT2D eigenvalue weighted by Crippen LogP contribution is -2.46. The fraction of sp³-hybridized carbons (Fsp3) is 0.889. The van der Waals surface area contributed by atoms with Gasteiger partial charge in [0, 0.05) is 24.3 Å². The maximum atomic E-state index is 12.3. The van der Waals surface area contributed by atoms with Gasteiger partial charge in [0.15, 0.2) is 0 Å². The van der Waals surface area contributed by atoms with Crippen molar-refractivity contribution in [3.05, 3.63) is 0 Å². The van der Waals surface area contributed by atoms with E-state index in [4.69, 9.17) is 4.74 Å². The number of carbonyl (C=O) groups excluding carboxylic acids is 2. The van der Waals surface area contributed by atoms with Gasteiger partial charge in [-0.1, -0.05) is 39.5 Å². The molecular weight excluding hydrogens is 278 g/mol. The monoisotopic (exact) mass is 309 g/mol. The molecule has 1 unspecified atom stereocenters. The Hall–Kier alpha value is -0.900. The summed E-state index contributed by atoms with van der Waals surface area (Å²) in [6.45, 7) is 6.31. The van der Waals surface area contributed by atoms with Crippen molar-refractivity contribution in [2.75, 3.05) is 19.8 Å². The zero-order valence-electron chi connectivity index (χ0n) is 14.1. The number of nitrogens with one attached hydrogen (secondary N) is 1. The van der Waals surface area contributed by atoms with Crippen molar-refractivity contribution >= 4 is 11.7 Å². The van der Waals surface area contributed by atoms with Crippen molar-refractivity contribution in [3.8, 4) is 0 Å². The van der Waals surface area contributed by atoms with Crippen molar-refractivity contribution in [3.63, 3.8) is 0 Å². The van der Waals surface area contributed by atoms with E-state index in [9.17, 15) is 9.59 Å². The number of amides is 1. The number of ketones is 1. The fourth-order valence-corrected chi connectivity index (χ4v) is 3.60. The number of hydrogen-bond acceptors (Lipinski definition) is 3. The van der Waals surface area contributed by atoms with Gasteiger partial charge in [-0.25, -0.2) is 0 Å². The van der Waals surface area contributed by atoms with Crippen molar-refractivity contribution < 1.29 is 14.3 Å². The van der Waals surface area contributed by atoms with Gasteiger partial charge in [0.05, 0.1) is 13.2 Å². The summed E-state index contributed by atoms with van der Waals surface area (Å²) in [6, 6.07) is 0. The van der Waals surface area contributed by atoms with Crippen molar-refractivity contribution in [2.45, 2.75) is 58.8 Å². The number of unbranched alkanes of at least 4 members (excludes halogenated alkanes) is 3. The lowest BCUT2D eigenvalue weighted by Gasteiger charge is -2.36. The summed E-state index contributed by atoms with van der Waals surface area (Å²) < 4.78 is 5.44. The average molecular weight is 309 g/mol. The largest absolute Gasteiger partial charge is 0.380 e. The van der Waals surface area contributed by atoms with Gasteiger partial charge in [-0.2, -0.15) is 0 Å². The van der Waals surface area contributed by atoms with E-state index in [-0.39, 0.29) is 23.7 Å². The molecule has 1 amide bonds. The van der Waals surface area contributed by atoms with Crippen LogP contribution in [0.5, 0.6) is 0 Å². The molecule has 2 fully saturated rings. The van der Waals surface area contributed by atoms with Gasteiger partial charge in [0.1, 0.15) is 5.78 Å². The van der Waals surface area contributed by atoms with Gasteiger partial charge in [-0.15, -0.1) is 0 Å². The first-order chi connectivity index (χ1) is 10.6. The van der Waals surface area contributed by atoms with Gasteiger partial charge >= 0.3 is 0 Å². The van der Waals surface area contributed by atoms with Crippen molar-refractivity contribution in [1.82, 2.24) is 5.32 Å². The molecule has 2 bridgehead atoms. The number of carbonyl (C=O) groups is 2. The number of Topliss-reactive ketones (excluding diaryl/α,β-unsaturated/α-hetero) is 1. The smallest absolute Gasteiger partial charge is 0.223 e. The summed E-state index contributed by atoms with van der Waals surface area (Å²) in [5.41, 5.74) is 0. The fourth-order valence-electron chi connectivity index (χ4n) is 3.60. The Bertz CT molecular complexity index is 365. The Morgan fingerprint density at radius 3 is 2.41 bits per heavy atom. The number of hydrogen-bond donors (Lipinski definition) is 1. The first kappa shape index (κ1) is 17.5. The van der Waals surface area contributed by atoms with Crippen LogP contribution < -0.4 is 5.32 Å². The predicted octanol–water partition coefficient (Wildman–Crippen LogP) is 2.95. The molecule has 1 heterocycles. The summed E-state index contributed by atoms with van der Waals surface area (Å²) in [5.74, 6) is 1.18. The first-order valence-electron chi connectivity index (χ1n) is 8.97. The Morgan fingerprint density at radius 1 is 1.14 bits per heavy atom. The molecule has 1 saturated carbocycles. The first-order valence-corrected chi connectivity index (χ1v) is 8.97. The SMILES string of the molecule is CC(C)CCCCCCNC(=O)C1C[C@H]2COC[C@@H](C1)C2=O. The van der Waals surface area contributed by atoms with Crippen LogP contribution in [0.2, 0.25) is 0 Å². The molecule has 0 radical (unpaired) electrons. The second-order valence-electron chi connectivity index (χ2n) is 7.39. The van der Waals surface area contributed by atoms with Crippen LogP contribution in [0.1, 0.15) is 58.8 Å². The Morgan fingerprint density at radius 2 is 1.77 bits per heavy atom. The zero-order valence-corrected chi connectivity index (χ0v) is 14.1. The van der Waals surface area contributed by atoms with E-state index < -0.39 is 0 Å². The molecule has 0 aromatic carbocycles. The summed E-state index contributed by atoms with van der Waals surface area (Å²) in [4.78, 5) is 24.2. The van der Waals surface area contributed by atoms with E-state index in [1.807, 2.05) is 0 Å². The second kappa shape index (κ2) is 8.66. The van der Waals surface area contributed by atoms with Crippen molar-refractivity contribution in [1.29, 1.82) is 0 Å². The Kier molecular flexibility index (Phi) is 6.87. The molecule has 2 aliphatic rings. The van der Waals surface area contributed by atoms with Crippen LogP contribution in [-0.2, 0) is 14.3 Å². The van der Waals surface area contributed by atoms with E-state index >= 15 is 0 Å². The highest BCUT2D eigenvalue weighted by Gasteiger charge is 2.41. The Balaban J connectivity index is 1.59. The van der Waals surface area contributed by atoms with Gasteiger partial charge in [0.2, 0.25) is 5.91 Å². The molecule has 1 aliphatic heterocycles. The molecule has 0 aromatic heterocycles. The van der Waals surface area contributed by atoms with E-state index in [1.165, 1.54) is 25.7 Å². The minimum atomic E-state index is -0.0423. The van der Waals surface area contributed by atoms with Gasteiger partial charge in [0.25, 0.3) is 0 Å². The quantitative estimate of drug-likeness (QED) is 0.701. The second-order valence-corrected chi connectivity index (χ2v) is 7.39. The minimum Gasteiger partial charge on any atom is -0.380 e. The molecule has 1 saturated heterocycles. The normalized spacial score (nSPS) is 28.0. The highest BCUT2D eigenvalue weighted by molar-refractivity contribution is 5.88. The van der Waals surface area contributed by atoms with Crippen LogP contribution in [0.25, 0.3) is 0 Å². The molecule has 1 aliphatic carbocycles. The molecule has 3 atom stereocenters. The average Bonchev–Trinajstić information content (AvgIpc) is 2.45. The summed E-state index contributed by atoms with van der Waals surface area (Å²) >= 11 is 0. The predicted molar refractivity (Wildman–Crippen MR) is 86.5 cm³/mol. The molecule has 4 nitrogen and oxygen atoms in total. The summed E-state index contributed by atoms with van der Waals surface area (Å²) in [6.07, 6.45) is 7.45. The number of rotatable bonds is 8. The van der Waals surface area contributed by atoms with Crippen LogP contribution in [0.15, 0.2) is 0 Å². The number of fused-ring (bicyclic) bond motifs is 2. The molecule has 0 aromatic rings. The topological polar surface area (TPSA) is 55.4 Å². The zero-order chi connectivity index (χ0) is 15.9. The highest BCUT2D eigenvalue weighted by atomic mass is 16.5. The number of ether oxygens (including phenoxy) is 1. The van der Waals surface area contributed by atoms with Gasteiger partial charge in [-0.05, 0) is 25.2 Å². The van der Waals surface area contributed by atoms with E-state index in [0.717, 1.165) is 18.9 Å². The Labute approximate surface area is 134 Å². The minimum absolute atomic E-state index is 0.0116. The maximum absolute atomic E-state index is 12.3.